The largest absolute Gasteiger partial charge is 0.493 e. The molecule has 0 unspecified atom stereocenters. The summed E-state index contributed by atoms with van der Waals surface area (Å²) >= 11 is 0. The van der Waals surface area contributed by atoms with Crippen LogP contribution in [0, 0.1) is 0 Å². The lowest BCUT2D eigenvalue weighted by Gasteiger charge is -2.34. The molecule has 2 aliphatic heterocycles. The molecule has 2 saturated heterocycles. The van der Waals surface area contributed by atoms with Crippen molar-refractivity contribution in [2.24, 2.45) is 0 Å². The fraction of sp³-hybridized carbons (Fsp3) is 0.594. The van der Waals surface area contributed by atoms with Gasteiger partial charge in [0, 0.05) is 77.6 Å². The van der Waals surface area contributed by atoms with Gasteiger partial charge in [0.2, 0.25) is 11.5 Å². The average molecular weight is 637 g/mol. The molecule has 254 valence electrons. The maximum absolute atomic E-state index is 10.7. The summed E-state index contributed by atoms with van der Waals surface area (Å²) in [5.74, 6) is 3.41. The molecule has 2 heterocycles. The number of rotatable bonds is 13. The molecule has 2 aromatic rings. The van der Waals surface area contributed by atoms with Crippen molar-refractivity contribution in [2.45, 2.75) is 6.54 Å². The van der Waals surface area contributed by atoms with Crippen molar-refractivity contribution in [1.29, 1.82) is 0 Å². The molecule has 0 aliphatic carbocycles. The Morgan fingerprint density at radius 1 is 0.622 bits per heavy atom. The predicted octanol–water partition coefficient (Wildman–Crippen LogP) is 1.23. The van der Waals surface area contributed by atoms with Gasteiger partial charge in [-0.2, -0.15) is 0 Å². The highest BCUT2D eigenvalue weighted by molar-refractivity contribution is 5.82. The summed E-state index contributed by atoms with van der Waals surface area (Å²) in [5, 5.41) is 20.8. The van der Waals surface area contributed by atoms with Crippen molar-refractivity contribution >= 4 is 6.29 Å². The Morgan fingerprint density at radius 2 is 1.09 bits per heavy atom. The zero-order valence-electron chi connectivity index (χ0n) is 27.7. The molecule has 0 spiro atoms. The topological polar surface area (TPSA) is 135 Å². The number of β-amino-alcohol motifs (C(OH)–C–C–N with tert-alkyl or cyclic N) is 2. The highest BCUT2D eigenvalue weighted by atomic mass is 16.5. The summed E-state index contributed by atoms with van der Waals surface area (Å²) < 4.78 is 31.5. The van der Waals surface area contributed by atoms with Gasteiger partial charge in [0.1, 0.15) is 0 Å². The first-order chi connectivity index (χ1) is 21.9. The lowest BCUT2D eigenvalue weighted by Crippen LogP contribution is -2.46. The number of carbonyl (C=O) groups excluding carboxylic acids is 1. The first kappa shape index (κ1) is 37.9. The average Bonchev–Trinajstić information content (AvgIpc) is 3.09. The molecule has 0 amide bonds. The number of aliphatic hydroxyl groups excluding tert-OH is 2. The van der Waals surface area contributed by atoms with Crippen molar-refractivity contribution in [3.05, 3.63) is 35.4 Å². The summed E-state index contributed by atoms with van der Waals surface area (Å²) in [6.45, 7) is 11.2. The number of hydrogen-bond acceptors (Lipinski definition) is 13. The Morgan fingerprint density at radius 3 is 1.56 bits per heavy atom. The Bertz CT molecular complexity index is 1120. The smallest absolute Gasteiger partial charge is 0.204 e. The van der Waals surface area contributed by atoms with E-state index in [9.17, 15) is 4.79 Å². The molecule has 45 heavy (non-hydrogen) atoms. The van der Waals surface area contributed by atoms with E-state index < -0.39 is 0 Å². The first-order valence-electron chi connectivity index (χ1n) is 15.1. The van der Waals surface area contributed by atoms with E-state index in [1.54, 1.807) is 33.5 Å². The molecule has 0 atom stereocenters. The molecular weight excluding hydrogens is 584 g/mol. The number of ether oxygens (including phenoxy) is 6. The Kier molecular flexibility index (Phi) is 18.0. The van der Waals surface area contributed by atoms with Gasteiger partial charge in [-0.3, -0.25) is 19.5 Å². The number of carbonyl (C=O) groups is 1. The fourth-order valence-corrected chi connectivity index (χ4v) is 5.13. The third kappa shape index (κ3) is 11.5. The Balaban J connectivity index is 0.000000261. The number of hydrogen-bond donors (Lipinski definition) is 3. The highest BCUT2D eigenvalue weighted by Crippen LogP contribution is 2.40. The van der Waals surface area contributed by atoms with Crippen LogP contribution in [0.2, 0.25) is 0 Å². The van der Waals surface area contributed by atoms with Crippen LogP contribution in [0.1, 0.15) is 15.9 Å². The van der Waals surface area contributed by atoms with E-state index in [2.05, 4.69) is 20.0 Å². The normalized spacial score (nSPS) is 15.5. The molecule has 0 radical (unpaired) electrons. The van der Waals surface area contributed by atoms with Crippen LogP contribution in [0.15, 0.2) is 24.3 Å². The van der Waals surface area contributed by atoms with Crippen LogP contribution in [-0.4, -0.2) is 153 Å². The molecule has 3 N–H and O–H groups in total. The number of nitrogens with one attached hydrogen (secondary N) is 1. The minimum Gasteiger partial charge on any atom is -0.493 e. The minimum atomic E-state index is 0.226. The van der Waals surface area contributed by atoms with E-state index in [-0.39, 0.29) is 6.61 Å². The number of nitrogens with zero attached hydrogens (tertiary/aromatic N) is 3. The van der Waals surface area contributed by atoms with Gasteiger partial charge in [0.15, 0.2) is 29.3 Å². The minimum absolute atomic E-state index is 0.226. The molecule has 2 aromatic carbocycles. The molecule has 0 bridgehead atoms. The van der Waals surface area contributed by atoms with Crippen molar-refractivity contribution in [1.82, 2.24) is 20.0 Å². The number of aliphatic hydroxyl groups is 2. The molecule has 0 aromatic heterocycles. The maximum atomic E-state index is 10.7. The first-order valence-corrected chi connectivity index (χ1v) is 15.1. The maximum Gasteiger partial charge on any atom is 0.204 e. The monoisotopic (exact) mass is 636 g/mol. The van der Waals surface area contributed by atoms with E-state index in [0.717, 1.165) is 83.3 Å². The molecular formula is C32H52N4O9. The van der Waals surface area contributed by atoms with Crippen molar-refractivity contribution in [2.75, 3.05) is 121 Å². The standard InChI is InChI=1S/C16H26N2O4.C10H12O4.C6H14N2O/c1-20-14-5-4-13(15(21-2)16(14)22-3)12-18-8-6-17(7-9-18)10-11-19;1-12-8-5-4-7(6-11)9(13-2)10(8)14-3;9-6-5-8-3-1-7-2-4-8/h4-5,19H,6-12H2,1-3H3;4-6H,1-3H3;7,9H,1-6H2. The zero-order chi connectivity index (χ0) is 33.0. The third-order valence-electron chi connectivity index (χ3n) is 7.55. The molecule has 2 fully saturated rings. The third-order valence-corrected chi connectivity index (χ3v) is 7.55. The predicted molar refractivity (Wildman–Crippen MR) is 173 cm³/mol. The van der Waals surface area contributed by atoms with Crippen molar-refractivity contribution in [3.8, 4) is 34.5 Å². The summed E-state index contributed by atoms with van der Waals surface area (Å²) in [7, 11) is 9.40. The molecule has 4 rings (SSSR count). The van der Waals surface area contributed by atoms with Crippen molar-refractivity contribution < 1.29 is 43.4 Å². The number of benzene rings is 2. The van der Waals surface area contributed by atoms with Crippen LogP contribution in [-0.2, 0) is 6.54 Å². The van der Waals surface area contributed by atoms with E-state index in [1.165, 1.54) is 21.3 Å². The van der Waals surface area contributed by atoms with Crippen LogP contribution in [0.4, 0.5) is 0 Å². The van der Waals surface area contributed by atoms with Gasteiger partial charge in [0.25, 0.3) is 0 Å². The fourth-order valence-electron chi connectivity index (χ4n) is 5.13. The van der Waals surface area contributed by atoms with Gasteiger partial charge in [0.05, 0.1) is 61.4 Å². The van der Waals surface area contributed by atoms with E-state index in [4.69, 9.17) is 38.6 Å². The van der Waals surface area contributed by atoms with E-state index in [0.29, 0.717) is 47.2 Å². The highest BCUT2D eigenvalue weighted by Gasteiger charge is 2.21. The number of methoxy groups -OCH3 is 6. The van der Waals surface area contributed by atoms with E-state index in [1.807, 2.05) is 12.1 Å². The summed E-state index contributed by atoms with van der Waals surface area (Å²) in [6.07, 6.45) is 0.709. The second-order valence-corrected chi connectivity index (χ2v) is 10.2. The SMILES string of the molecule is COc1ccc(C=O)c(OC)c1OC.COc1ccc(CN2CCN(CCO)CC2)c(OC)c1OC.OCCN1CCNCC1. The van der Waals surface area contributed by atoms with Crippen LogP contribution in [0.5, 0.6) is 34.5 Å². The molecule has 13 heteroatoms. The lowest BCUT2D eigenvalue weighted by molar-refractivity contribution is 0.108. The van der Waals surface area contributed by atoms with Crippen molar-refractivity contribution in [3.63, 3.8) is 0 Å². The van der Waals surface area contributed by atoms with Gasteiger partial charge in [-0.05, 0) is 18.2 Å². The van der Waals surface area contributed by atoms with Crippen LogP contribution < -0.4 is 33.7 Å². The number of aldehydes is 1. The summed E-state index contributed by atoms with van der Waals surface area (Å²) in [5.41, 5.74) is 1.53. The van der Waals surface area contributed by atoms with Crippen LogP contribution in [0.3, 0.4) is 0 Å². The summed E-state index contributed by atoms with van der Waals surface area (Å²) in [4.78, 5) is 17.6. The molecule has 0 saturated carbocycles. The van der Waals surface area contributed by atoms with Gasteiger partial charge in [-0.25, -0.2) is 0 Å². The van der Waals surface area contributed by atoms with Gasteiger partial charge < -0.3 is 44.0 Å². The summed E-state index contributed by atoms with van der Waals surface area (Å²) in [6, 6.07) is 7.22. The number of piperazine rings is 2. The Labute approximate surface area is 267 Å². The molecule has 2 aliphatic rings. The quantitative estimate of drug-likeness (QED) is 0.273. The van der Waals surface area contributed by atoms with Crippen LogP contribution >= 0.6 is 0 Å². The van der Waals surface area contributed by atoms with Gasteiger partial charge in [-0.1, -0.05) is 6.07 Å². The van der Waals surface area contributed by atoms with Crippen LogP contribution in [0.25, 0.3) is 0 Å². The lowest BCUT2D eigenvalue weighted by atomic mass is 10.1. The van der Waals surface area contributed by atoms with Gasteiger partial charge >= 0.3 is 0 Å². The van der Waals surface area contributed by atoms with Gasteiger partial charge in [-0.15, -0.1) is 0 Å². The zero-order valence-corrected chi connectivity index (χ0v) is 27.7. The molecule has 13 nitrogen and oxygen atoms in total. The van der Waals surface area contributed by atoms with E-state index >= 15 is 0 Å². The second-order valence-electron chi connectivity index (χ2n) is 10.2. The Hall–Kier alpha value is -3.33. The second kappa shape index (κ2) is 21.4.